The third-order valence-corrected chi connectivity index (χ3v) is 3.01. The average Bonchev–Trinajstić information content (AvgIpc) is 2.50. The van der Waals surface area contributed by atoms with Gasteiger partial charge in [0.1, 0.15) is 0 Å². The Morgan fingerprint density at radius 3 is 2.48 bits per heavy atom. The van der Waals surface area contributed by atoms with Crippen LogP contribution in [0.1, 0.15) is 23.0 Å². The number of carbonyl (C=O) groups is 1. The maximum atomic E-state index is 11.6. The topological polar surface area (TPSA) is 84.1 Å². The molecule has 1 aromatic carbocycles. The number of nitrogens with two attached hydrogens (primary N) is 1. The van der Waals surface area contributed by atoms with Gasteiger partial charge in [-0.3, -0.25) is 4.79 Å². The predicted molar refractivity (Wildman–Crippen MR) is 83.0 cm³/mol. The summed E-state index contributed by atoms with van der Waals surface area (Å²) in [6.45, 7) is 3.12. The van der Waals surface area contributed by atoms with E-state index in [-0.39, 0.29) is 5.91 Å². The van der Waals surface area contributed by atoms with Crippen molar-refractivity contribution in [2.24, 2.45) is 0 Å². The van der Waals surface area contributed by atoms with E-state index in [0.717, 1.165) is 11.3 Å². The van der Waals surface area contributed by atoms with Crippen LogP contribution in [-0.4, -0.2) is 29.7 Å². The molecule has 0 aliphatic rings. The van der Waals surface area contributed by atoms with Crippen molar-refractivity contribution in [3.63, 3.8) is 0 Å². The number of anilines is 2. The first-order valence-corrected chi connectivity index (χ1v) is 6.77. The largest absolute Gasteiger partial charge is 0.399 e. The lowest BCUT2D eigenvalue weighted by Crippen LogP contribution is -2.25. The van der Waals surface area contributed by atoms with E-state index in [2.05, 4.69) is 15.5 Å². The Bertz CT molecular complexity index is 594. The van der Waals surface area contributed by atoms with E-state index in [4.69, 9.17) is 5.73 Å². The average molecular weight is 285 g/mol. The number of nitrogens with zero attached hydrogens (tertiary/aromatic N) is 3. The molecule has 110 valence electrons. The van der Waals surface area contributed by atoms with Gasteiger partial charge in [0.05, 0.1) is 0 Å². The smallest absolute Gasteiger partial charge is 0.271 e. The van der Waals surface area contributed by atoms with Crippen molar-refractivity contribution in [1.29, 1.82) is 0 Å². The Morgan fingerprint density at radius 1 is 1.19 bits per heavy atom. The van der Waals surface area contributed by atoms with Crippen LogP contribution >= 0.6 is 0 Å². The first kappa shape index (κ1) is 14.8. The molecule has 0 atom stereocenters. The molecule has 2 aromatic rings. The highest BCUT2D eigenvalue weighted by molar-refractivity contribution is 5.92. The molecular formula is C15H19N5O. The SMILES string of the molecule is CCNC(=O)c1ccc(N(C)Cc2ccc(N)cc2)nn1. The van der Waals surface area contributed by atoms with E-state index < -0.39 is 0 Å². The highest BCUT2D eigenvalue weighted by atomic mass is 16.1. The van der Waals surface area contributed by atoms with Crippen LogP contribution < -0.4 is 16.0 Å². The Labute approximate surface area is 124 Å². The Balaban J connectivity index is 2.04. The number of hydrogen-bond donors (Lipinski definition) is 2. The van der Waals surface area contributed by atoms with Gasteiger partial charge >= 0.3 is 0 Å². The zero-order valence-corrected chi connectivity index (χ0v) is 12.2. The number of aromatic nitrogens is 2. The van der Waals surface area contributed by atoms with Gasteiger partial charge in [-0.1, -0.05) is 12.1 Å². The van der Waals surface area contributed by atoms with Gasteiger partial charge in [-0.2, -0.15) is 0 Å². The summed E-state index contributed by atoms with van der Waals surface area (Å²) in [5.74, 6) is 0.498. The fourth-order valence-corrected chi connectivity index (χ4v) is 1.88. The van der Waals surface area contributed by atoms with Crippen molar-refractivity contribution in [3.05, 3.63) is 47.7 Å². The minimum Gasteiger partial charge on any atom is -0.399 e. The second kappa shape index (κ2) is 6.69. The fraction of sp³-hybridized carbons (Fsp3) is 0.267. The molecule has 0 fully saturated rings. The standard InChI is InChI=1S/C15H19N5O/c1-3-17-15(21)13-8-9-14(19-18-13)20(2)10-11-4-6-12(16)7-5-11/h4-9H,3,10,16H2,1-2H3,(H,17,21). The minimum atomic E-state index is -0.210. The molecule has 21 heavy (non-hydrogen) atoms. The Kier molecular flexibility index (Phi) is 4.71. The van der Waals surface area contributed by atoms with Gasteiger partial charge in [-0.05, 0) is 36.8 Å². The second-order valence-electron chi connectivity index (χ2n) is 4.73. The quantitative estimate of drug-likeness (QED) is 0.812. The van der Waals surface area contributed by atoms with Crippen LogP contribution in [0.2, 0.25) is 0 Å². The summed E-state index contributed by atoms with van der Waals surface area (Å²) >= 11 is 0. The fourth-order valence-electron chi connectivity index (χ4n) is 1.88. The second-order valence-corrected chi connectivity index (χ2v) is 4.73. The third kappa shape index (κ3) is 3.92. The summed E-state index contributed by atoms with van der Waals surface area (Å²) < 4.78 is 0. The maximum Gasteiger partial charge on any atom is 0.271 e. The van der Waals surface area contributed by atoms with Gasteiger partial charge in [0.15, 0.2) is 11.5 Å². The first-order chi connectivity index (χ1) is 10.1. The van der Waals surface area contributed by atoms with Crippen LogP contribution in [0.15, 0.2) is 36.4 Å². The number of amides is 1. The van der Waals surface area contributed by atoms with Crippen molar-refractivity contribution in [2.45, 2.75) is 13.5 Å². The molecule has 1 aromatic heterocycles. The van der Waals surface area contributed by atoms with Crippen LogP contribution in [-0.2, 0) is 6.54 Å². The number of carbonyl (C=O) groups excluding carboxylic acids is 1. The van der Waals surface area contributed by atoms with Crippen LogP contribution in [0.3, 0.4) is 0 Å². The molecule has 0 aliphatic heterocycles. The number of benzene rings is 1. The molecule has 6 heteroatoms. The number of nitrogens with one attached hydrogen (secondary N) is 1. The molecule has 0 unspecified atom stereocenters. The summed E-state index contributed by atoms with van der Waals surface area (Å²) in [7, 11) is 1.92. The van der Waals surface area contributed by atoms with Gasteiger partial charge < -0.3 is 16.0 Å². The molecule has 0 spiro atoms. The van der Waals surface area contributed by atoms with Crippen molar-refractivity contribution < 1.29 is 4.79 Å². The molecule has 0 radical (unpaired) electrons. The zero-order valence-electron chi connectivity index (χ0n) is 12.2. The summed E-state index contributed by atoms with van der Waals surface area (Å²) in [5.41, 5.74) is 7.85. The molecule has 3 N–H and O–H groups in total. The number of nitrogen functional groups attached to an aromatic ring is 1. The van der Waals surface area contributed by atoms with E-state index in [0.29, 0.717) is 24.6 Å². The molecule has 2 rings (SSSR count). The molecule has 0 aliphatic carbocycles. The summed E-state index contributed by atoms with van der Waals surface area (Å²) in [6.07, 6.45) is 0. The van der Waals surface area contributed by atoms with E-state index in [1.54, 1.807) is 12.1 Å². The molecule has 1 amide bonds. The van der Waals surface area contributed by atoms with Crippen molar-refractivity contribution in [2.75, 3.05) is 24.2 Å². The lowest BCUT2D eigenvalue weighted by molar-refractivity contribution is 0.0950. The van der Waals surface area contributed by atoms with E-state index in [1.807, 2.05) is 43.1 Å². The Morgan fingerprint density at radius 2 is 1.90 bits per heavy atom. The van der Waals surface area contributed by atoms with Crippen LogP contribution in [0.5, 0.6) is 0 Å². The number of rotatable bonds is 5. The van der Waals surface area contributed by atoms with Gasteiger partial charge in [-0.25, -0.2) is 0 Å². The van der Waals surface area contributed by atoms with Crippen LogP contribution in [0.4, 0.5) is 11.5 Å². The minimum absolute atomic E-state index is 0.210. The third-order valence-electron chi connectivity index (χ3n) is 3.01. The normalized spacial score (nSPS) is 10.2. The van der Waals surface area contributed by atoms with Crippen LogP contribution in [0.25, 0.3) is 0 Å². The van der Waals surface area contributed by atoms with Crippen molar-refractivity contribution in [3.8, 4) is 0 Å². The Hall–Kier alpha value is -2.63. The summed E-state index contributed by atoms with van der Waals surface area (Å²) in [4.78, 5) is 13.6. The van der Waals surface area contributed by atoms with E-state index in [1.165, 1.54) is 0 Å². The molecule has 0 saturated carbocycles. The first-order valence-electron chi connectivity index (χ1n) is 6.77. The monoisotopic (exact) mass is 285 g/mol. The molecule has 0 bridgehead atoms. The molecule has 0 saturated heterocycles. The van der Waals surface area contributed by atoms with E-state index in [9.17, 15) is 4.79 Å². The van der Waals surface area contributed by atoms with Gasteiger partial charge in [0.25, 0.3) is 5.91 Å². The van der Waals surface area contributed by atoms with Crippen molar-refractivity contribution >= 4 is 17.4 Å². The van der Waals surface area contributed by atoms with E-state index >= 15 is 0 Å². The van der Waals surface area contributed by atoms with Gasteiger partial charge in [-0.15, -0.1) is 10.2 Å². The molecular weight excluding hydrogens is 266 g/mol. The molecule has 1 heterocycles. The maximum absolute atomic E-state index is 11.6. The zero-order chi connectivity index (χ0) is 15.2. The number of hydrogen-bond acceptors (Lipinski definition) is 5. The highest BCUT2D eigenvalue weighted by Gasteiger charge is 2.09. The van der Waals surface area contributed by atoms with Gasteiger partial charge in [0.2, 0.25) is 0 Å². The lowest BCUT2D eigenvalue weighted by atomic mass is 10.2. The predicted octanol–water partition coefficient (Wildman–Crippen LogP) is 1.44. The summed E-state index contributed by atoms with van der Waals surface area (Å²) in [5, 5.41) is 10.7. The lowest BCUT2D eigenvalue weighted by Gasteiger charge is -2.17. The van der Waals surface area contributed by atoms with Crippen LogP contribution in [0, 0.1) is 0 Å². The van der Waals surface area contributed by atoms with Crippen molar-refractivity contribution in [1.82, 2.24) is 15.5 Å². The van der Waals surface area contributed by atoms with Gasteiger partial charge in [0, 0.05) is 25.8 Å². The highest BCUT2D eigenvalue weighted by Crippen LogP contribution is 2.13. The molecule has 6 nitrogen and oxygen atoms in total. The summed E-state index contributed by atoms with van der Waals surface area (Å²) in [6, 6.07) is 11.1.